The molecule has 22 heavy (non-hydrogen) atoms. The molecule has 0 spiro atoms. The van der Waals surface area contributed by atoms with Crippen LogP contribution < -0.4 is 16.4 Å². The molecule has 1 aliphatic heterocycles. The predicted molar refractivity (Wildman–Crippen MR) is 86.8 cm³/mol. The Morgan fingerprint density at radius 1 is 0.864 bits per heavy atom. The zero-order valence-electron chi connectivity index (χ0n) is 12.0. The van der Waals surface area contributed by atoms with Gasteiger partial charge in [-0.2, -0.15) is 0 Å². The van der Waals surface area contributed by atoms with Crippen molar-refractivity contribution in [2.24, 2.45) is 0 Å². The van der Waals surface area contributed by atoms with Gasteiger partial charge in [-0.3, -0.25) is 9.59 Å². The molecule has 0 saturated heterocycles. The summed E-state index contributed by atoms with van der Waals surface area (Å²) >= 11 is 0. The molecule has 3 rings (SSSR count). The van der Waals surface area contributed by atoms with Crippen LogP contribution in [0.3, 0.4) is 0 Å². The fourth-order valence-corrected chi connectivity index (χ4v) is 2.61. The summed E-state index contributed by atoms with van der Waals surface area (Å²) < 4.78 is 0. The van der Waals surface area contributed by atoms with Crippen LogP contribution in [0.5, 0.6) is 0 Å². The minimum Gasteiger partial charge on any atom is -0.399 e. The van der Waals surface area contributed by atoms with Crippen molar-refractivity contribution in [3.63, 3.8) is 0 Å². The normalized spacial score (nSPS) is 14.9. The van der Waals surface area contributed by atoms with Crippen molar-refractivity contribution in [1.29, 1.82) is 0 Å². The molecular weight excluding hydrogens is 278 g/mol. The summed E-state index contributed by atoms with van der Waals surface area (Å²) in [6.45, 7) is 1.65. The van der Waals surface area contributed by atoms with Crippen molar-refractivity contribution in [2.75, 3.05) is 16.4 Å². The predicted octanol–water partition coefficient (Wildman–Crippen LogP) is 2.20. The number of nitrogen functional groups attached to an aromatic ring is 2. The first-order valence-electron chi connectivity index (χ1n) is 6.80. The SMILES string of the molecule is CC1=C(c2ccccc2)C(=O)N(c2cc(N)cc(N)c2)C1=O. The van der Waals surface area contributed by atoms with Crippen molar-refractivity contribution >= 4 is 34.4 Å². The number of imide groups is 1. The first-order valence-corrected chi connectivity index (χ1v) is 6.80. The van der Waals surface area contributed by atoms with Gasteiger partial charge in [0.1, 0.15) is 0 Å². The van der Waals surface area contributed by atoms with Crippen molar-refractivity contribution < 1.29 is 9.59 Å². The van der Waals surface area contributed by atoms with Crippen LogP contribution >= 0.6 is 0 Å². The summed E-state index contributed by atoms with van der Waals surface area (Å²) in [4.78, 5) is 26.3. The molecule has 1 aliphatic rings. The third-order valence-electron chi connectivity index (χ3n) is 3.60. The van der Waals surface area contributed by atoms with E-state index in [2.05, 4.69) is 0 Å². The molecular formula is C17H15N3O2. The molecule has 0 bridgehead atoms. The average molecular weight is 293 g/mol. The Kier molecular flexibility index (Phi) is 3.18. The van der Waals surface area contributed by atoms with Gasteiger partial charge in [-0.1, -0.05) is 30.3 Å². The van der Waals surface area contributed by atoms with E-state index in [4.69, 9.17) is 11.5 Å². The lowest BCUT2D eigenvalue weighted by molar-refractivity contribution is -0.120. The molecule has 5 nitrogen and oxygen atoms in total. The zero-order valence-corrected chi connectivity index (χ0v) is 12.0. The van der Waals surface area contributed by atoms with Gasteiger partial charge >= 0.3 is 0 Å². The molecule has 0 fully saturated rings. The molecule has 0 saturated carbocycles. The standard InChI is InChI=1S/C17H15N3O2/c1-10-15(11-5-3-2-4-6-11)17(22)20(16(10)21)14-8-12(18)7-13(19)9-14/h2-9H,18-19H2,1H3. The lowest BCUT2D eigenvalue weighted by atomic mass is 10.0. The van der Waals surface area contributed by atoms with Gasteiger partial charge in [-0.25, -0.2) is 4.90 Å². The van der Waals surface area contributed by atoms with Gasteiger partial charge in [0.2, 0.25) is 0 Å². The number of amides is 2. The smallest absolute Gasteiger partial charge is 0.266 e. The number of anilines is 3. The Morgan fingerprint density at radius 3 is 2.05 bits per heavy atom. The lowest BCUT2D eigenvalue weighted by Crippen LogP contribution is -2.31. The fourth-order valence-electron chi connectivity index (χ4n) is 2.61. The highest BCUT2D eigenvalue weighted by Gasteiger charge is 2.37. The van der Waals surface area contributed by atoms with Crippen LogP contribution in [0.2, 0.25) is 0 Å². The van der Waals surface area contributed by atoms with Crippen LogP contribution in [0.15, 0.2) is 54.1 Å². The van der Waals surface area contributed by atoms with Crippen LogP contribution in [0.4, 0.5) is 17.1 Å². The van der Waals surface area contributed by atoms with E-state index >= 15 is 0 Å². The summed E-state index contributed by atoms with van der Waals surface area (Å²) in [5.74, 6) is -0.715. The van der Waals surface area contributed by atoms with Crippen molar-refractivity contribution in [3.8, 4) is 0 Å². The molecule has 110 valence electrons. The highest BCUT2D eigenvalue weighted by Crippen LogP contribution is 2.34. The lowest BCUT2D eigenvalue weighted by Gasteiger charge is -2.16. The van der Waals surface area contributed by atoms with Gasteiger partial charge in [0.05, 0.1) is 11.3 Å². The topological polar surface area (TPSA) is 89.4 Å². The molecule has 2 aromatic carbocycles. The van der Waals surface area contributed by atoms with E-state index in [0.717, 1.165) is 10.5 Å². The Hall–Kier alpha value is -3.08. The summed E-state index contributed by atoms with van der Waals surface area (Å²) in [5, 5.41) is 0. The molecule has 0 radical (unpaired) electrons. The van der Waals surface area contributed by atoms with E-state index in [-0.39, 0.29) is 11.8 Å². The van der Waals surface area contributed by atoms with Crippen molar-refractivity contribution in [2.45, 2.75) is 6.92 Å². The number of hydrogen-bond donors (Lipinski definition) is 2. The Balaban J connectivity index is 2.08. The minimum atomic E-state index is -0.362. The molecule has 4 N–H and O–H groups in total. The Bertz CT molecular complexity index is 790. The van der Waals surface area contributed by atoms with Crippen LogP contribution in [0, 0.1) is 0 Å². The number of hydrogen-bond acceptors (Lipinski definition) is 4. The second-order valence-electron chi connectivity index (χ2n) is 5.17. The molecule has 5 heteroatoms. The van der Waals surface area contributed by atoms with E-state index < -0.39 is 0 Å². The Morgan fingerprint density at radius 2 is 1.45 bits per heavy atom. The number of carbonyl (C=O) groups is 2. The Labute approximate surface area is 127 Å². The molecule has 0 unspecified atom stereocenters. The van der Waals surface area contributed by atoms with E-state index in [1.54, 1.807) is 37.3 Å². The van der Waals surface area contributed by atoms with Gasteiger partial charge in [0, 0.05) is 16.9 Å². The van der Waals surface area contributed by atoms with E-state index in [1.807, 2.05) is 18.2 Å². The highest BCUT2D eigenvalue weighted by atomic mass is 16.2. The van der Waals surface area contributed by atoms with Gasteiger partial charge in [0.25, 0.3) is 11.8 Å². The van der Waals surface area contributed by atoms with Gasteiger partial charge in [-0.15, -0.1) is 0 Å². The van der Waals surface area contributed by atoms with Gasteiger partial charge in [0.15, 0.2) is 0 Å². The fraction of sp³-hybridized carbons (Fsp3) is 0.0588. The quantitative estimate of drug-likeness (QED) is 0.656. The number of nitrogens with zero attached hydrogens (tertiary/aromatic N) is 1. The molecule has 2 amide bonds. The second kappa shape index (κ2) is 5.04. The number of nitrogens with two attached hydrogens (primary N) is 2. The summed E-state index contributed by atoms with van der Waals surface area (Å²) in [7, 11) is 0. The van der Waals surface area contributed by atoms with Crippen LogP contribution in [-0.4, -0.2) is 11.8 Å². The largest absolute Gasteiger partial charge is 0.399 e. The summed E-state index contributed by atoms with van der Waals surface area (Å²) in [5.41, 5.74) is 14.2. The van der Waals surface area contributed by atoms with Crippen LogP contribution in [0.25, 0.3) is 5.57 Å². The zero-order chi connectivity index (χ0) is 15.9. The third-order valence-corrected chi connectivity index (χ3v) is 3.60. The molecule has 0 aliphatic carbocycles. The average Bonchev–Trinajstić information content (AvgIpc) is 2.69. The van der Waals surface area contributed by atoms with E-state index in [9.17, 15) is 9.59 Å². The number of benzene rings is 2. The minimum absolute atomic E-state index is 0.353. The molecule has 2 aromatic rings. The maximum atomic E-state index is 12.7. The molecule has 1 heterocycles. The van der Waals surface area contributed by atoms with Crippen LogP contribution in [0.1, 0.15) is 12.5 Å². The van der Waals surface area contributed by atoms with E-state index in [1.165, 1.54) is 0 Å². The maximum Gasteiger partial charge on any atom is 0.266 e. The second-order valence-corrected chi connectivity index (χ2v) is 5.17. The summed E-state index contributed by atoms with van der Waals surface area (Å²) in [6, 6.07) is 13.8. The number of carbonyl (C=O) groups excluding carboxylic acids is 2. The van der Waals surface area contributed by atoms with E-state index in [0.29, 0.717) is 28.2 Å². The monoisotopic (exact) mass is 293 g/mol. The van der Waals surface area contributed by atoms with Gasteiger partial charge < -0.3 is 11.5 Å². The maximum absolute atomic E-state index is 12.7. The van der Waals surface area contributed by atoms with Crippen molar-refractivity contribution in [3.05, 3.63) is 59.7 Å². The first-order chi connectivity index (χ1) is 10.5. The van der Waals surface area contributed by atoms with Gasteiger partial charge in [-0.05, 0) is 30.7 Å². The first kappa shape index (κ1) is 13.9. The number of rotatable bonds is 2. The summed E-state index contributed by atoms with van der Waals surface area (Å²) in [6.07, 6.45) is 0. The van der Waals surface area contributed by atoms with Crippen molar-refractivity contribution in [1.82, 2.24) is 0 Å². The third kappa shape index (κ3) is 2.13. The van der Waals surface area contributed by atoms with Crippen LogP contribution in [-0.2, 0) is 9.59 Å². The molecule has 0 atom stereocenters. The molecule has 0 aromatic heterocycles. The highest BCUT2D eigenvalue weighted by molar-refractivity contribution is 6.45.